The molecule has 1 aromatic carbocycles. The van der Waals surface area contributed by atoms with Gasteiger partial charge in [-0.25, -0.2) is 0 Å². The van der Waals surface area contributed by atoms with Gasteiger partial charge in [0.05, 0.1) is 6.10 Å². The normalized spacial score (nSPS) is 13.1. The zero-order valence-electron chi connectivity index (χ0n) is 9.52. The summed E-state index contributed by atoms with van der Waals surface area (Å²) in [5.74, 6) is 1.52. The minimum Gasteiger partial charge on any atom is -0.391 e. The molecule has 0 radical (unpaired) electrons. The zero-order chi connectivity index (χ0) is 12.0. The van der Waals surface area contributed by atoms with Gasteiger partial charge in [0.15, 0.2) is 0 Å². The molecule has 1 N–H and O–H groups in total. The summed E-state index contributed by atoms with van der Waals surface area (Å²) in [6.45, 7) is 4.28. The van der Waals surface area contributed by atoms with Gasteiger partial charge in [0.1, 0.15) is 0 Å². The molecule has 0 fully saturated rings. The molecule has 0 heterocycles. The second-order valence-electron chi connectivity index (χ2n) is 3.80. The average molecular weight is 277 g/mol. The second kappa shape index (κ2) is 7.49. The van der Waals surface area contributed by atoms with Crippen LogP contribution in [0.2, 0.25) is 5.02 Å². The molecular weight excluding hydrogens is 260 g/mol. The summed E-state index contributed by atoms with van der Waals surface area (Å²) in [5.41, 5.74) is 0. The maximum Gasteiger partial charge on any atom is 0.0724 e. The molecule has 1 nitrogen and oxygen atoms in total. The van der Waals surface area contributed by atoms with Crippen molar-refractivity contribution in [2.45, 2.75) is 30.1 Å². The van der Waals surface area contributed by atoms with E-state index < -0.39 is 0 Å². The number of aliphatic hydroxyl groups is 1. The van der Waals surface area contributed by atoms with Crippen molar-refractivity contribution in [1.29, 1.82) is 0 Å². The summed E-state index contributed by atoms with van der Waals surface area (Å²) in [6, 6.07) is 7.73. The fourth-order valence-electron chi connectivity index (χ4n) is 1.10. The molecule has 1 atom stereocenters. The van der Waals surface area contributed by atoms with Crippen LogP contribution in [0.25, 0.3) is 0 Å². The summed E-state index contributed by atoms with van der Waals surface area (Å²) in [4.78, 5) is 1.11. The Labute approximate surface area is 111 Å². The third-order valence-corrected chi connectivity index (χ3v) is 4.48. The first-order valence-corrected chi connectivity index (χ1v) is 7.67. The maximum atomic E-state index is 9.75. The van der Waals surface area contributed by atoms with Crippen molar-refractivity contribution in [3.05, 3.63) is 29.3 Å². The van der Waals surface area contributed by atoms with Crippen LogP contribution in [-0.2, 0) is 0 Å². The average Bonchev–Trinajstić information content (AvgIpc) is 2.23. The maximum absolute atomic E-state index is 9.75. The quantitative estimate of drug-likeness (QED) is 0.795. The molecule has 0 aliphatic carbocycles. The van der Waals surface area contributed by atoms with E-state index in [2.05, 4.69) is 13.8 Å². The Hall–Kier alpha value is 0.170. The number of aliphatic hydroxyl groups excluding tert-OH is 1. The molecule has 0 aliphatic rings. The summed E-state index contributed by atoms with van der Waals surface area (Å²) in [5, 5.41) is 11.1. The van der Waals surface area contributed by atoms with Crippen LogP contribution in [0.3, 0.4) is 0 Å². The molecule has 0 aromatic heterocycles. The van der Waals surface area contributed by atoms with E-state index in [1.165, 1.54) is 0 Å². The lowest BCUT2D eigenvalue weighted by Gasteiger charge is -2.11. The molecule has 0 saturated heterocycles. The van der Waals surface area contributed by atoms with Crippen LogP contribution in [0, 0.1) is 0 Å². The summed E-state index contributed by atoms with van der Waals surface area (Å²) in [7, 11) is 0. The Bertz CT molecular complexity index is 318. The van der Waals surface area contributed by atoms with E-state index >= 15 is 0 Å². The van der Waals surface area contributed by atoms with Crippen LogP contribution in [0.15, 0.2) is 29.2 Å². The van der Waals surface area contributed by atoms with Gasteiger partial charge >= 0.3 is 0 Å². The summed E-state index contributed by atoms with van der Waals surface area (Å²) < 4.78 is 0. The summed E-state index contributed by atoms with van der Waals surface area (Å²) >= 11 is 9.32. The molecule has 1 aromatic rings. The Kier molecular flexibility index (Phi) is 6.66. The fraction of sp³-hybridized carbons (Fsp3) is 0.500. The van der Waals surface area contributed by atoms with Crippen LogP contribution in [-0.4, -0.2) is 28.0 Å². The van der Waals surface area contributed by atoms with Crippen LogP contribution in [0.4, 0.5) is 0 Å². The Morgan fingerprint density at radius 2 is 2.06 bits per heavy atom. The molecule has 1 unspecified atom stereocenters. The fourth-order valence-corrected chi connectivity index (χ4v) is 3.12. The zero-order valence-corrected chi connectivity index (χ0v) is 11.9. The highest BCUT2D eigenvalue weighted by Gasteiger charge is 2.06. The lowest BCUT2D eigenvalue weighted by atomic mass is 10.4. The van der Waals surface area contributed by atoms with Gasteiger partial charge in [0, 0.05) is 21.4 Å². The van der Waals surface area contributed by atoms with Crippen molar-refractivity contribution in [3.63, 3.8) is 0 Å². The minimum atomic E-state index is -0.253. The van der Waals surface area contributed by atoms with E-state index in [-0.39, 0.29) is 6.10 Å². The highest BCUT2D eigenvalue weighted by molar-refractivity contribution is 8.00. The van der Waals surface area contributed by atoms with E-state index in [9.17, 15) is 5.11 Å². The van der Waals surface area contributed by atoms with Gasteiger partial charge in [0.2, 0.25) is 0 Å². The van der Waals surface area contributed by atoms with Gasteiger partial charge < -0.3 is 5.11 Å². The number of benzene rings is 1. The van der Waals surface area contributed by atoms with E-state index in [4.69, 9.17) is 11.6 Å². The third kappa shape index (κ3) is 6.04. The Balaban J connectivity index is 2.28. The predicted molar refractivity (Wildman–Crippen MR) is 75.8 cm³/mol. The van der Waals surface area contributed by atoms with Crippen LogP contribution in [0.5, 0.6) is 0 Å². The molecule has 0 bridgehead atoms. The van der Waals surface area contributed by atoms with E-state index in [1.807, 2.05) is 24.3 Å². The van der Waals surface area contributed by atoms with E-state index in [1.54, 1.807) is 23.5 Å². The Morgan fingerprint density at radius 3 is 2.69 bits per heavy atom. The largest absolute Gasteiger partial charge is 0.391 e. The lowest BCUT2D eigenvalue weighted by Crippen LogP contribution is -2.14. The number of halogens is 1. The topological polar surface area (TPSA) is 20.2 Å². The standard InChI is InChI=1S/C12H17ClOS2/c1-9(2)15-7-11(14)8-16-12-5-3-4-10(13)6-12/h3-6,9,11,14H,7-8H2,1-2H3. The van der Waals surface area contributed by atoms with Crippen molar-refractivity contribution in [1.82, 2.24) is 0 Å². The molecule has 1 rings (SSSR count). The van der Waals surface area contributed by atoms with Gasteiger partial charge in [-0.15, -0.1) is 11.8 Å². The SMILES string of the molecule is CC(C)SCC(O)CSc1cccc(Cl)c1. The van der Waals surface area contributed by atoms with Gasteiger partial charge in [-0.3, -0.25) is 0 Å². The number of thioether (sulfide) groups is 2. The monoisotopic (exact) mass is 276 g/mol. The van der Waals surface area contributed by atoms with E-state index in [0.717, 1.165) is 21.4 Å². The molecule has 0 aliphatic heterocycles. The lowest BCUT2D eigenvalue weighted by molar-refractivity contribution is 0.225. The predicted octanol–water partition coefficient (Wildman–Crippen LogP) is 3.93. The second-order valence-corrected chi connectivity index (χ2v) is 6.94. The number of hydrogen-bond acceptors (Lipinski definition) is 3. The van der Waals surface area contributed by atoms with Crippen LogP contribution in [0.1, 0.15) is 13.8 Å². The molecule has 0 amide bonds. The molecule has 0 spiro atoms. The number of rotatable bonds is 6. The first-order chi connectivity index (χ1) is 7.58. The Morgan fingerprint density at radius 1 is 1.31 bits per heavy atom. The first-order valence-electron chi connectivity index (χ1n) is 5.26. The van der Waals surface area contributed by atoms with E-state index in [0.29, 0.717) is 5.25 Å². The van der Waals surface area contributed by atoms with Gasteiger partial charge in [0.25, 0.3) is 0 Å². The van der Waals surface area contributed by atoms with Crippen molar-refractivity contribution >= 4 is 35.1 Å². The molecule has 16 heavy (non-hydrogen) atoms. The van der Waals surface area contributed by atoms with Crippen LogP contribution >= 0.6 is 35.1 Å². The van der Waals surface area contributed by atoms with Crippen molar-refractivity contribution in [2.24, 2.45) is 0 Å². The van der Waals surface area contributed by atoms with Crippen molar-refractivity contribution in [3.8, 4) is 0 Å². The molecule has 0 saturated carbocycles. The molecule has 4 heteroatoms. The van der Waals surface area contributed by atoms with Gasteiger partial charge in [-0.05, 0) is 23.4 Å². The molecular formula is C12H17ClOS2. The van der Waals surface area contributed by atoms with Gasteiger partial charge in [-0.2, -0.15) is 11.8 Å². The van der Waals surface area contributed by atoms with Crippen LogP contribution < -0.4 is 0 Å². The van der Waals surface area contributed by atoms with Crippen molar-refractivity contribution in [2.75, 3.05) is 11.5 Å². The highest BCUT2D eigenvalue weighted by atomic mass is 35.5. The van der Waals surface area contributed by atoms with Gasteiger partial charge in [-0.1, -0.05) is 31.5 Å². The highest BCUT2D eigenvalue weighted by Crippen LogP contribution is 2.23. The third-order valence-electron chi connectivity index (χ3n) is 1.86. The smallest absolute Gasteiger partial charge is 0.0724 e. The minimum absolute atomic E-state index is 0.253. The summed E-state index contributed by atoms with van der Waals surface area (Å²) in [6.07, 6.45) is -0.253. The number of hydrogen-bond donors (Lipinski definition) is 1. The first kappa shape index (κ1) is 14.2. The molecule has 90 valence electrons. The van der Waals surface area contributed by atoms with Crippen molar-refractivity contribution < 1.29 is 5.11 Å².